The number of rotatable bonds is 6. The van der Waals surface area contributed by atoms with Crippen molar-refractivity contribution in [3.63, 3.8) is 0 Å². The standard InChI is InChI=1S/C18H24N4O5/c1-10(2)14(20-15(23)12-6-4-5-7-13(12)27-3)16(24)21-22-18(26)17(25)19-11-8-9-11/h4-7,10-11,14H,8-9H2,1-3H3,(H,19,25)(H,20,23)(H,21,24)(H,22,26)/t14-/m0/s1. The monoisotopic (exact) mass is 376 g/mol. The zero-order chi connectivity index (χ0) is 20.0. The predicted octanol–water partition coefficient (Wildman–Crippen LogP) is -0.124. The average Bonchev–Trinajstić information content (AvgIpc) is 3.47. The highest BCUT2D eigenvalue weighted by atomic mass is 16.5. The molecule has 9 nitrogen and oxygen atoms in total. The maximum atomic E-state index is 12.5. The number of carbonyl (C=O) groups excluding carboxylic acids is 4. The van der Waals surface area contributed by atoms with Crippen LogP contribution in [-0.4, -0.2) is 42.8 Å². The van der Waals surface area contributed by atoms with Gasteiger partial charge in [0.25, 0.3) is 11.8 Å². The molecular weight excluding hydrogens is 352 g/mol. The molecule has 0 unspecified atom stereocenters. The van der Waals surface area contributed by atoms with Gasteiger partial charge in [0.15, 0.2) is 0 Å². The van der Waals surface area contributed by atoms with E-state index in [0.717, 1.165) is 12.8 Å². The van der Waals surface area contributed by atoms with Gasteiger partial charge in [0.1, 0.15) is 11.8 Å². The molecule has 146 valence electrons. The van der Waals surface area contributed by atoms with Crippen molar-refractivity contribution in [3.05, 3.63) is 29.8 Å². The molecule has 0 heterocycles. The van der Waals surface area contributed by atoms with Gasteiger partial charge in [-0.15, -0.1) is 0 Å². The zero-order valence-electron chi connectivity index (χ0n) is 15.5. The van der Waals surface area contributed by atoms with Crippen LogP contribution in [0.3, 0.4) is 0 Å². The van der Waals surface area contributed by atoms with Crippen molar-refractivity contribution in [3.8, 4) is 5.75 Å². The summed E-state index contributed by atoms with van der Waals surface area (Å²) in [7, 11) is 1.45. The minimum absolute atomic E-state index is 0.0301. The van der Waals surface area contributed by atoms with Crippen LogP contribution in [0.15, 0.2) is 24.3 Å². The smallest absolute Gasteiger partial charge is 0.327 e. The number of ether oxygens (including phenoxy) is 1. The molecule has 0 aliphatic heterocycles. The van der Waals surface area contributed by atoms with Crippen molar-refractivity contribution < 1.29 is 23.9 Å². The van der Waals surface area contributed by atoms with Gasteiger partial charge in [-0.05, 0) is 30.9 Å². The second-order valence-electron chi connectivity index (χ2n) is 6.59. The Morgan fingerprint density at radius 1 is 1.04 bits per heavy atom. The second-order valence-corrected chi connectivity index (χ2v) is 6.59. The van der Waals surface area contributed by atoms with E-state index in [9.17, 15) is 19.2 Å². The lowest BCUT2D eigenvalue weighted by molar-refractivity contribution is -0.141. The van der Waals surface area contributed by atoms with Crippen molar-refractivity contribution in [1.82, 2.24) is 21.5 Å². The third kappa shape index (κ3) is 5.70. The molecule has 1 atom stereocenters. The number of para-hydroxylation sites is 1. The fourth-order valence-electron chi connectivity index (χ4n) is 2.32. The van der Waals surface area contributed by atoms with Gasteiger partial charge in [-0.1, -0.05) is 26.0 Å². The number of benzene rings is 1. The maximum Gasteiger partial charge on any atom is 0.327 e. The highest BCUT2D eigenvalue weighted by Crippen LogP contribution is 2.18. The van der Waals surface area contributed by atoms with E-state index in [1.165, 1.54) is 7.11 Å². The number of methoxy groups -OCH3 is 1. The molecule has 1 aromatic rings. The SMILES string of the molecule is COc1ccccc1C(=O)N[C@H](C(=O)NNC(=O)C(=O)NC1CC1)C(C)C. The summed E-state index contributed by atoms with van der Waals surface area (Å²) in [5, 5.41) is 5.13. The van der Waals surface area contributed by atoms with Gasteiger partial charge < -0.3 is 15.4 Å². The van der Waals surface area contributed by atoms with Gasteiger partial charge in [0.05, 0.1) is 12.7 Å². The van der Waals surface area contributed by atoms with Crippen LogP contribution in [0.5, 0.6) is 5.75 Å². The molecule has 0 bridgehead atoms. The number of hydrazine groups is 1. The van der Waals surface area contributed by atoms with Crippen LogP contribution >= 0.6 is 0 Å². The Morgan fingerprint density at radius 2 is 1.70 bits per heavy atom. The molecule has 1 fully saturated rings. The van der Waals surface area contributed by atoms with Crippen molar-refractivity contribution in [2.45, 2.75) is 38.8 Å². The lowest BCUT2D eigenvalue weighted by atomic mass is 10.0. The van der Waals surface area contributed by atoms with Crippen LogP contribution in [0.4, 0.5) is 0 Å². The minimum atomic E-state index is -0.964. The Bertz CT molecular complexity index is 730. The topological polar surface area (TPSA) is 126 Å². The van der Waals surface area contributed by atoms with Crippen LogP contribution in [0.1, 0.15) is 37.0 Å². The number of carbonyl (C=O) groups is 4. The Balaban J connectivity index is 1.94. The molecule has 0 spiro atoms. The molecule has 0 aromatic heterocycles. The lowest BCUT2D eigenvalue weighted by Gasteiger charge is -2.22. The van der Waals surface area contributed by atoms with Gasteiger partial charge in [-0.2, -0.15) is 0 Å². The normalized spacial score (nSPS) is 14.1. The summed E-state index contributed by atoms with van der Waals surface area (Å²) in [6, 6.07) is 5.73. The largest absolute Gasteiger partial charge is 0.496 e. The molecule has 2 rings (SSSR count). The van der Waals surface area contributed by atoms with E-state index in [-0.39, 0.29) is 17.5 Å². The van der Waals surface area contributed by atoms with Crippen LogP contribution < -0.4 is 26.2 Å². The van der Waals surface area contributed by atoms with Crippen LogP contribution in [0, 0.1) is 5.92 Å². The van der Waals surface area contributed by atoms with Gasteiger partial charge in [0, 0.05) is 6.04 Å². The van der Waals surface area contributed by atoms with Crippen molar-refractivity contribution in [1.29, 1.82) is 0 Å². The summed E-state index contributed by atoms with van der Waals surface area (Å²) in [6.07, 6.45) is 1.69. The van der Waals surface area contributed by atoms with Gasteiger partial charge in [-0.3, -0.25) is 30.0 Å². The first-order chi connectivity index (χ1) is 12.8. The van der Waals surface area contributed by atoms with E-state index >= 15 is 0 Å². The third-order valence-electron chi connectivity index (χ3n) is 4.01. The van der Waals surface area contributed by atoms with E-state index in [4.69, 9.17) is 4.74 Å². The first-order valence-corrected chi connectivity index (χ1v) is 8.68. The second kappa shape index (κ2) is 9.02. The number of hydrogen-bond donors (Lipinski definition) is 4. The van der Waals surface area contributed by atoms with E-state index in [0.29, 0.717) is 5.75 Å². The zero-order valence-corrected chi connectivity index (χ0v) is 15.5. The Labute approximate surface area is 157 Å². The molecular formula is C18H24N4O5. The molecule has 1 saturated carbocycles. The molecule has 4 amide bonds. The van der Waals surface area contributed by atoms with Gasteiger partial charge in [0.2, 0.25) is 0 Å². The molecule has 0 saturated heterocycles. The number of nitrogens with one attached hydrogen (secondary N) is 4. The van der Waals surface area contributed by atoms with E-state index in [2.05, 4.69) is 21.5 Å². The first-order valence-electron chi connectivity index (χ1n) is 8.68. The number of amides is 4. The average molecular weight is 376 g/mol. The summed E-state index contributed by atoms with van der Waals surface area (Å²) < 4.78 is 5.15. The van der Waals surface area contributed by atoms with E-state index in [1.807, 2.05) is 0 Å². The summed E-state index contributed by atoms with van der Waals surface area (Å²) in [6.45, 7) is 3.49. The van der Waals surface area contributed by atoms with E-state index < -0.39 is 29.7 Å². The highest BCUT2D eigenvalue weighted by Gasteiger charge is 2.28. The van der Waals surface area contributed by atoms with Gasteiger partial charge in [-0.25, -0.2) is 0 Å². The summed E-state index contributed by atoms with van der Waals surface area (Å²) in [5.41, 5.74) is 4.52. The molecule has 0 radical (unpaired) electrons. The Hall–Kier alpha value is -3.10. The Morgan fingerprint density at radius 3 is 2.30 bits per heavy atom. The molecule has 4 N–H and O–H groups in total. The maximum absolute atomic E-state index is 12.5. The fraction of sp³-hybridized carbons (Fsp3) is 0.444. The van der Waals surface area contributed by atoms with Crippen molar-refractivity contribution >= 4 is 23.6 Å². The summed E-state index contributed by atoms with van der Waals surface area (Å²) in [5.74, 6) is -2.78. The van der Waals surface area contributed by atoms with Crippen LogP contribution in [0.2, 0.25) is 0 Å². The molecule has 1 aromatic carbocycles. The number of hydrogen-bond acceptors (Lipinski definition) is 5. The lowest BCUT2D eigenvalue weighted by Crippen LogP contribution is -2.56. The molecule has 27 heavy (non-hydrogen) atoms. The minimum Gasteiger partial charge on any atom is -0.496 e. The van der Waals surface area contributed by atoms with Crippen LogP contribution in [-0.2, 0) is 14.4 Å². The van der Waals surface area contributed by atoms with Crippen molar-refractivity contribution in [2.24, 2.45) is 5.92 Å². The van der Waals surface area contributed by atoms with E-state index in [1.54, 1.807) is 38.1 Å². The highest BCUT2D eigenvalue weighted by molar-refractivity contribution is 6.35. The summed E-state index contributed by atoms with van der Waals surface area (Å²) >= 11 is 0. The van der Waals surface area contributed by atoms with Gasteiger partial charge >= 0.3 is 11.8 Å². The molecule has 1 aliphatic carbocycles. The van der Waals surface area contributed by atoms with Crippen molar-refractivity contribution in [2.75, 3.05) is 7.11 Å². The third-order valence-corrected chi connectivity index (χ3v) is 4.01. The predicted molar refractivity (Wildman–Crippen MR) is 96.5 cm³/mol. The molecule has 1 aliphatic rings. The van der Waals surface area contributed by atoms with Crippen LogP contribution in [0.25, 0.3) is 0 Å². The fourth-order valence-corrected chi connectivity index (χ4v) is 2.32. The Kier molecular flexibility index (Phi) is 6.75. The summed E-state index contributed by atoms with van der Waals surface area (Å²) in [4.78, 5) is 48.1. The first kappa shape index (κ1) is 20.2. The quantitative estimate of drug-likeness (QED) is 0.407. The molecule has 9 heteroatoms.